The summed E-state index contributed by atoms with van der Waals surface area (Å²) >= 11 is 0. The zero-order valence-electron chi connectivity index (χ0n) is 10.3. The smallest absolute Gasteiger partial charge is 0.243 e. The summed E-state index contributed by atoms with van der Waals surface area (Å²) in [6, 6.07) is 3.97. The molecule has 0 radical (unpaired) electrons. The van der Waals surface area contributed by atoms with Gasteiger partial charge in [-0.3, -0.25) is 0 Å². The SMILES string of the molecule is Cc1ccc2nc(NCc3nccn3C)nn2c1. The van der Waals surface area contributed by atoms with Crippen molar-refractivity contribution >= 4 is 11.6 Å². The normalized spacial score (nSPS) is 11.0. The van der Waals surface area contributed by atoms with E-state index in [-0.39, 0.29) is 0 Å². The fraction of sp³-hybridized carbons (Fsp3) is 0.250. The van der Waals surface area contributed by atoms with Crippen molar-refractivity contribution < 1.29 is 0 Å². The topological polar surface area (TPSA) is 60.0 Å². The zero-order valence-corrected chi connectivity index (χ0v) is 10.3. The summed E-state index contributed by atoms with van der Waals surface area (Å²) in [4.78, 5) is 8.62. The summed E-state index contributed by atoms with van der Waals surface area (Å²) in [6.45, 7) is 2.64. The Balaban J connectivity index is 1.81. The van der Waals surface area contributed by atoms with Gasteiger partial charge in [0, 0.05) is 25.6 Å². The molecule has 0 saturated heterocycles. The second-order valence-corrected chi connectivity index (χ2v) is 4.25. The molecule has 1 N–H and O–H groups in total. The maximum Gasteiger partial charge on any atom is 0.243 e. The van der Waals surface area contributed by atoms with Gasteiger partial charge in [0.05, 0.1) is 6.54 Å². The van der Waals surface area contributed by atoms with Crippen LogP contribution in [-0.4, -0.2) is 24.1 Å². The number of nitrogens with one attached hydrogen (secondary N) is 1. The standard InChI is InChI=1S/C12H14N6/c1-9-3-4-10-15-12(16-18(10)8-9)14-7-11-13-5-6-17(11)2/h3-6,8H,7H2,1-2H3,(H,14,16). The van der Waals surface area contributed by atoms with Crippen LogP contribution in [0.1, 0.15) is 11.4 Å². The molecular formula is C12H14N6. The van der Waals surface area contributed by atoms with Crippen molar-refractivity contribution in [2.75, 3.05) is 5.32 Å². The predicted octanol–water partition coefficient (Wildman–Crippen LogP) is 1.38. The van der Waals surface area contributed by atoms with E-state index >= 15 is 0 Å². The Labute approximate surface area is 104 Å². The van der Waals surface area contributed by atoms with Gasteiger partial charge in [-0.25, -0.2) is 9.50 Å². The van der Waals surface area contributed by atoms with Crippen molar-refractivity contribution in [2.24, 2.45) is 7.05 Å². The molecule has 6 nitrogen and oxygen atoms in total. The molecule has 0 bridgehead atoms. The monoisotopic (exact) mass is 242 g/mol. The van der Waals surface area contributed by atoms with Crippen LogP contribution in [0.4, 0.5) is 5.95 Å². The number of imidazole rings is 1. The highest BCUT2D eigenvalue weighted by Gasteiger charge is 2.04. The van der Waals surface area contributed by atoms with E-state index in [9.17, 15) is 0 Å². The van der Waals surface area contributed by atoms with Crippen LogP contribution in [0.2, 0.25) is 0 Å². The fourth-order valence-corrected chi connectivity index (χ4v) is 1.79. The van der Waals surface area contributed by atoms with Gasteiger partial charge in [0.15, 0.2) is 5.65 Å². The molecule has 0 aliphatic carbocycles. The van der Waals surface area contributed by atoms with Crippen LogP contribution in [0.25, 0.3) is 5.65 Å². The maximum atomic E-state index is 4.39. The summed E-state index contributed by atoms with van der Waals surface area (Å²) < 4.78 is 3.74. The summed E-state index contributed by atoms with van der Waals surface area (Å²) in [7, 11) is 1.96. The number of pyridine rings is 1. The number of aryl methyl sites for hydroxylation is 2. The lowest BCUT2D eigenvalue weighted by atomic mass is 10.3. The summed E-state index contributed by atoms with van der Waals surface area (Å²) in [5.74, 6) is 1.56. The summed E-state index contributed by atoms with van der Waals surface area (Å²) in [5.41, 5.74) is 1.99. The van der Waals surface area contributed by atoms with Gasteiger partial charge >= 0.3 is 0 Å². The lowest BCUT2D eigenvalue weighted by molar-refractivity contribution is 0.806. The molecule has 0 aromatic carbocycles. The minimum Gasteiger partial charge on any atom is -0.346 e. The first-order valence-electron chi connectivity index (χ1n) is 5.75. The van der Waals surface area contributed by atoms with E-state index in [0.717, 1.165) is 17.0 Å². The van der Waals surface area contributed by atoms with Crippen molar-refractivity contribution in [3.05, 3.63) is 42.1 Å². The minimum atomic E-state index is 0.610. The van der Waals surface area contributed by atoms with Gasteiger partial charge in [-0.15, -0.1) is 5.10 Å². The van der Waals surface area contributed by atoms with E-state index in [4.69, 9.17) is 0 Å². The van der Waals surface area contributed by atoms with E-state index in [0.29, 0.717) is 12.5 Å². The lowest BCUT2D eigenvalue weighted by Crippen LogP contribution is -2.06. The molecule has 6 heteroatoms. The molecule has 0 saturated carbocycles. The van der Waals surface area contributed by atoms with Gasteiger partial charge in [-0.05, 0) is 18.6 Å². The van der Waals surface area contributed by atoms with Gasteiger partial charge in [-0.2, -0.15) is 4.98 Å². The van der Waals surface area contributed by atoms with Crippen molar-refractivity contribution in [3.63, 3.8) is 0 Å². The summed E-state index contributed by atoms with van der Waals surface area (Å²) in [5, 5.41) is 7.53. The van der Waals surface area contributed by atoms with Gasteiger partial charge in [0.2, 0.25) is 5.95 Å². The molecule has 0 amide bonds. The quantitative estimate of drug-likeness (QED) is 0.754. The third kappa shape index (κ3) is 1.92. The van der Waals surface area contributed by atoms with E-state index < -0.39 is 0 Å². The Morgan fingerprint density at radius 3 is 3.00 bits per heavy atom. The van der Waals surface area contributed by atoms with Crippen LogP contribution in [-0.2, 0) is 13.6 Å². The molecule has 0 aliphatic rings. The average molecular weight is 242 g/mol. The average Bonchev–Trinajstić information content (AvgIpc) is 2.92. The van der Waals surface area contributed by atoms with Crippen LogP contribution in [0.3, 0.4) is 0 Å². The first-order valence-corrected chi connectivity index (χ1v) is 5.75. The molecule has 3 aromatic rings. The molecular weight excluding hydrogens is 228 g/mol. The van der Waals surface area contributed by atoms with Gasteiger partial charge < -0.3 is 9.88 Å². The first kappa shape index (κ1) is 10.8. The third-order valence-electron chi connectivity index (χ3n) is 2.80. The Bertz CT molecular complexity index is 681. The van der Waals surface area contributed by atoms with Crippen LogP contribution in [0, 0.1) is 6.92 Å². The Hall–Kier alpha value is -2.37. The van der Waals surface area contributed by atoms with Gasteiger partial charge in [0.25, 0.3) is 0 Å². The number of nitrogens with zero attached hydrogens (tertiary/aromatic N) is 5. The molecule has 3 aromatic heterocycles. The van der Waals surface area contributed by atoms with Crippen molar-refractivity contribution in [2.45, 2.75) is 13.5 Å². The lowest BCUT2D eigenvalue weighted by Gasteiger charge is -2.01. The number of aromatic nitrogens is 5. The first-order chi connectivity index (χ1) is 8.72. The molecule has 0 fully saturated rings. The molecule has 3 rings (SSSR count). The number of hydrogen-bond acceptors (Lipinski definition) is 4. The van der Waals surface area contributed by atoms with Crippen LogP contribution in [0.5, 0.6) is 0 Å². The van der Waals surface area contributed by atoms with Gasteiger partial charge in [-0.1, -0.05) is 6.07 Å². The van der Waals surface area contributed by atoms with Crippen molar-refractivity contribution in [1.82, 2.24) is 24.1 Å². The van der Waals surface area contributed by atoms with Crippen LogP contribution < -0.4 is 5.32 Å². The van der Waals surface area contributed by atoms with Crippen LogP contribution in [0.15, 0.2) is 30.7 Å². The second-order valence-electron chi connectivity index (χ2n) is 4.25. The highest BCUT2D eigenvalue weighted by Crippen LogP contribution is 2.08. The largest absolute Gasteiger partial charge is 0.346 e. The molecule has 18 heavy (non-hydrogen) atoms. The number of rotatable bonds is 3. The molecule has 0 atom stereocenters. The van der Waals surface area contributed by atoms with E-state index in [1.807, 2.05) is 43.1 Å². The third-order valence-corrected chi connectivity index (χ3v) is 2.80. The number of hydrogen-bond donors (Lipinski definition) is 1. The van der Waals surface area contributed by atoms with Gasteiger partial charge in [0.1, 0.15) is 5.82 Å². The molecule has 0 spiro atoms. The highest BCUT2D eigenvalue weighted by atomic mass is 15.3. The maximum absolute atomic E-state index is 4.39. The van der Waals surface area contributed by atoms with Crippen LogP contribution >= 0.6 is 0 Å². The molecule has 0 aliphatic heterocycles. The van der Waals surface area contributed by atoms with E-state index in [2.05, 4.69) is 20.4 Å². The fourth-order valence-electron chi connectivity index (χ4n) is 1.79. The Morgan fingerprint density at radius 2 is 2.22 bits per heavy atom. The zero-order chi connectivity index (χ0) is 12.5. The summed E-state index contributed by atoms with van der Waals surface area (Å²) in [6.07, 6.45) is 5.64. The highest BCUT2D eigenvalue weighted by molar-refractivity contribution is 5.44. The molecule has 0 unspecified atom stereocenters. The Kier molecular flexibility index (Phi) is 2.47. The predicted molar refractivity (Wildman–Crippen MR) is 68.3 cm³/mol. The van der Waals surface area contributed by atoms with E-state index in [1.54, 1.807) is 10.7 Å². The van der Waals surface area contributed by atoms with E-state index in [1.165, 1.54) is 0 Å². The second kappa shape index (κ2) is 4.14. The number of anilines is 1. The van der Waals surface area contributed by atoms with Crippen molar-refractivity contribution in [1.29, 1.82) is 0 Å². The number of fused-ring (bicyclic) bond motifs is 1. The molecule has 3 heterocycles. The Morgan fingerprint density at radius 1 is 1.33 bits per heavy atom. The minimum absolute atomic E-state index is 0.610. The van der Waals surface area contributed by atoms with Crippen molar-refractivity contribution in [3.8, 4) is 0 Å². The molecule has 92 valence electrons.